The van der Waals surface area contributed by atoms with E-state index in [1.54, 1.807) is 24.3 Å². The van der Waals surface area contributed by atoms with Crippen molar-refractivity contribution in [2.45, 2.75) is 25.4 Å². The lowest BCUT2D eigenvalue weighted by Crippen LogP contribution is -2.16. The van der Waals surface area contributed by atoms with Crippen molar-refractivity contribution in [2.75, 3.05) is 0 Å². The van der Waals surface area contributed by atoms with E-state index in [2.05, 4.69) is 21.2 Å². The second-order valence-electron chi connectivity index (χ2n) is 5.18. The molecular formula is C16H13BrClF2N. The largest absolute Gasteiger partial charge is 0.310 e. The van der Waals surface area contributed by atoms with Crippen LogP contribution in [0, 0.1) is 11.6 Å². The third kappa shape index (κ3) is 3.28. The topological polar surface area (TPSA) is 12.0 Å². The SMILES string of the molecule is Fc1ccc(-c2ccc(Br)c(Cl)c2F)cc1CNC1CC1. The first-order valence-corrected chi connectivity index (χ1v) is 7.89. The molecule has 0 aliphatic heterocycles. The minimum absolute atomic E-state index is 0.0366. The predicted molar refractivity (Wildman–Crippen MR) is 84.4 cm³/mol. The van der Waals surface area contributed by atoms with E-state index in [0.29, 0.717) is 33.7 Å². The van der Waals surface area contributed by atoms with Crippen LogP contribution in [0.4, 0.5) is 8.78 Å². The summed E-state index contributed by atoms with van der Waals surface area (Å²) in [5, 5.41) is 3.30. The Bertz CT molecular complexity index is 686. The Hall–Kier alpha value is -0.970. The second-order valence-corrected chi connectivity index (χ2v) is 6.42. The first-order valence-electron chi connectivity index (χ1n) is 6.72. The summed E-state index contributed by atoms with van der Waals surface area (Å²) in [6.45, 7) is 0.455. The molecule has 5 heteroatoms. The molecule has 0 atom stereocenters. The van der Waals surface area contributed by atoms with Crippen molar-refractivity contribution in [3.63, 3.8) is 0 Å². The number of hydrogen-bond donors (Lipinski definition) is 1. The Kier molecular flexibility index (Phi) is 4.29. The van der Waals surface area contributed by atoms with Crippen LogP contribution in [0.2, 0.25) is 5.02 Å². The maximum Gasteiger partial charge on any atom is 0.150 e. The fraction of sp³-hybridized carbons (Fsp3) is 0.250. The summed E-state index contributed by atoms with van der Waals surface area (Å²) in [5.41, 5.74) is 1.53. The zero-order valence-corrected chi connectivity index (χ0v) is 13.4. The number of hydrogen-bond acceptors (Lipinski definition) is 1. The van der Waals surface area contributed by atoms with E-state index in [4.69, 9.17) is 11.6 Å². The Labute approximate surface area is 135 Å². The van der Waals surface area contributed by atoms with Crippen LogP contribution >= 0.6 is 27.5 Å². The average molecular weight is 373 g/mol. The lowest BCUT2D eigenvalue weighted by atomic mass is 10.0. The molecule has 0 heterocycles. The van der Waals surface area contributed by atoms with Gasteiger partial charge in [0.25, 0.3) is 0 Å². The molecule has 1 N–H and O–H groups in total. The van der Waals surface area contributed by atoms with Gasteiger partial charge in [0.05, 0.1) is 5.02 Å². The van der Waals surface area contributed by atoms with Crippen LogP contribution in [0.25, 0.3) is 11.1 Å². The van der Waals surface area contributed by atoms with Gasteiger partial charge < -0.3 is 5.32 Å². The monoisotopic (exact) mass is 371 g/mol. The van der Waals surface area contributed by atoms with E-state index in [-0.39, 0.29) is 10.8 Å². The average Bonchev–Trinajstić information content (AvgIpc) is 3.29. The molecule has 0 spiro atoms. The molecule has 0 aromatic heterocycles. The molecule has 1 nitrogen and oxygen atoms in total. The standard InChI is InChI=1S/C16H13BrClF2N/c17-13-5-4-12(16(20)15(13)18)9-1-6-14(19)10(7-9)8-21-11-2-3-11/h1,4-7,11,21H,2-3,8H2. The Morgan fingerprint density at radius 1 is 1.19 bits per heavy atom. The molecule has 0 bridgehead atoms. The van der Waals surface area contributed by atoms with Gasteiger partial charge in [-0.05, 0) is 52.5 Å². The molecule has 1 aliphatic carbocycles. The van der Waals surface area contributed by atoms with Crippen LogP contribution < -0.4 is 5.32 Å². The second kappa shape index (κ2) is 6.03. The van der Waals surface area contributed by atoms with Gasteiger partial charge in [-0.1, -0.05) is 23.7 Å². The van der Waals surface area contributed by atoms with Crippen molar-refractivity contribution in [3.05, 3.63) is 57.0 Å². The van der Waals surface area contributed by atoms with E-state index in [9.17, 15) is 8.78 Å². The van der Waals surface area contributed by atoms with Crippen LogP contribution in [-0.4, -0.2) is 6.04 Å². The molecule has 110 valence electrons. The maximum absolute atomic E-state index is 14.2. The molecule has 1 fully saturated rings. The smallest absolute Gasteiger partial charge is 0.150 e. The molecule has 0 saturated heterocycles. The van der Waals surface area contributed by atoms with Crippen molar-refractivity contribution in [3.8, 4) is 11.1 Å². The fourth-order valence-electron chi connectivity index (χ4n) is 2.17. The Morgan fingerprint density at radius 2 is 1.95 bits per heavy atom. The summed E-state index contributed by atoms with van der Waals surface area (Å²) < 4.78 is 28.6. The van der Waals surface area contributed by atoms with Gasteiger partial charge >= 0.3 is 0 Å². The van der Waals surface area contributed by atoms with Crippen molar-refractivity contribution in [2.24, 2.45) is 0 Å². The third-order valence-corrected chi connectivity index (χ3v) is 4.81. The molecule has 21 heavy (non-hydrogen) atoms. The molecule has 0 radical (unpaired) electrons. The zero-order chi connectivity index (χ0) is 15.0. The van der Waals surface area contributed by atoms with Crippen LogP contribution in [-0.2, 0) is 6.54 Å². The van der Waals surface area contributed by atoms with Gasteiger partial charge in [-0.15, -0.1) is 0 Å². The summed E-state index contributed by atoms with van der Waals surface area (Å²) in [7, 11) is 0. The summed E-state index contributed by atoms with van der Waals surface area (Å²) in [4.78, 5) is 0. The van der Waals surface area contributed by atoms with Crippen LogP contribution in [0.1, 0.15) is 18.4 Å². The minimum Gasteiger partial charge on any atom is -0.310 e. The highest BCUT2D eigenvalue weighted by molar-refractivity contribution is 9.10. The summed E-state index contributed by atoms with van der Waals surface area (Å²) in [6.07, 6.45) is 2.27. The van der Waals surface area contributed by atoms with Crippen LogP contribution in [0.3, 0.4) is 0 Å². The van der Waals surface area contributed by atoms with Crippen molar-refractivity contribution < 1.29 is 8.78 Å². The first kappa shape index (κ1) is 14.9. The highest BCUT2D eigenvalue weighted by atomic mass is 79.9. The van der Waals surface area contributed by atoms with Crippen LogP contribution in [0.5, 0.6) is 0 Å². The summed E-state index contributed by atoms with van der Waals surface area (Å²) in [5.74, 6) is -0.783. The van der Waals surface area contributed by atoms with E-state index in [1.165, 1.54) is 6.07 Å². The van der Waals surface area contributed by atoms with E-state index < -0.39 is 5.82 Å². The van der Waals surface area contributed by atoms with Gasteiger partial charge in [-0.3, -0.25) is 0 Å². The molecule has 1 saturated carbocycles. The quantitative estimate of drug-likeness (QED) is 0.718. The molecule has 1 aliphatic rings. The molecular weight excluding hydrogens is 360 g/mol. The van der Waals surface area contributed by atoms with Crippen LogP contribution in [0.15, 0.2) is 34.8 Å². The highest BCUT2D eigenvalue weighted by Crippen LogP contribution is 2.33. The van der Waals surface area contributed by atoms with Crippen molar-refractivity contribution in [1.82, 2.24) is 5.32 Å². The zero-order valence-electron chi connectivity index (χ0n) is 11.1. The minimum atomic E-state index is -0.501. The van der Waals surface area contributed by atoms with Gasteiger partial charge in [0.1, 0.15) is 5.82 Å². The van der Waals surface area contributed by atoms with Gasteiger partial charge in [0.15, 0.2) is 5.82 Å². The van der Waals surface area contributed by atoms with E-state index in [0.717, 1.165) is 12.8 Å². The Balaban J connectivity index is 1.94. The van der Waals surface area contributed by atoms with Gasteiger partial charge in [0, 0.05) is 28.2 Å². The normalized spacial score (nSPS) is 14.5. The predicted octanol–water partition coefficient (Wildman–Crippen LogP) is 5.30. The highest BCUT2D eigenvalue weighted by Gasteiger charge is 2.21. The first-order chi connectivity index (χ1) is 10.1. The van der Waals surface area contributed by atoms with Gasteiger partial charge in [-0.25, -0.2) is 8.78 Å². The molecule has 3 rings (SSSR count). The number of benzene rings is 2. The molecule has 2 aromatic carbocycles. The van der Waals surface area contributed by atoms with Gasteiger partial charge in [0.2, 0.25) is 0 Å². The molecule has 0 amide bonds. The number of halogens is 4. The fourth-order valence-corrected chi connectivity index (χ4v) is 2.64. The molecule has 2 aromatic rings. The lowest BCUT2D eigenvalue weighted by molar-refractivity contribution is 0.587. The van der Waals surface area contributed by atoms with Crippen molar-refractivity contribution in [1.29, 1.82) is 0 Å². The summed E-state index contributed by atoms with van der Waals surface area (Å²) in [6, 6.07) is 8.43. The lowest BCUT2D eigenvalue weighted by Gasteiger charge is -2.10. The number of nitrogens with one attached hydrogen (secondary N) is 1. The summed E-state index contributed by atoms with van der Waals surface area (Å²) >= 11 is 9.09. The maximum atomic E-state index is 14.2. The van der Waals surface area contributed by atoms with E-state index in [1.807, 2.05) is 0 Å². The Morgan fingerprint density at radius 3 is 2.67 bits per heavy atom. The van der Waals surface area contributed by atoms with Crippen molar-refractivity contribution >= 4 is 27.5 Å². The third-order valence-electron chi connectivity index (χ3n) is 3.55. The number of rotatable bonds is 4. The van der Waals surface area contributed by atoms with Gasteiger partial charge in [-0.2, -0.15) is 0 Å². The molecule has 0 unspecified atom stereocenters. The van der Waals surface area contributed by atoms with E-state index >= 15 is 0 Å².